The second-order valence-corrected chi connectivity index (χ2v) is 26.2. The Labute approximate surface area is 574 Å². The number of oxime groups is 1. The van der Waals surface area contributed by atoms with Crippen LogP contribution in [0, 0.1) is 0 Å². The number of carbonyl (C=O) groups excluding carboxylic acids is 6. The average molecular weight is 1350 g/mol. The topological polar surface area (TPSA) is 222 Å². The predicted molar refractivity (Wildman–Crippen MR) is 374 cm³/mol. The van der Waals surface area contributed by atoms with Gasteiger partial charge in [-0.05, 0) is 72.6 Å². The van der Waals surface area contributed by atoms with Crippen LogP contribution in [-0.4, -0.2) is 87.5 Å². The van der Waals surface area contributed by atoms with Crippen molar-refractivity contribution in [1.82, 2.24) is 20.5 Å². The van der Waals surface area contributed by atoms with Gasteiger partial charge in [0.25, 0.3) is 11.8 Å². The molecule has 492 valence electrons. The molecule has 11 rings (SSSR count). The molecule has 97 heavy (non-hydrogen) atoms. The molecule has 0 radical (unpaired) electrons. The first kappa shape index (κ1) is 67.7. The number of thiazole rings is 1. The lowest BCUT2D eigenvalue weighted by Crippen LogP contribution is -2.71. The van der Waals surface area contributed by atoms with E-state index in [4.69, 9.17) is 33.7 Å². The Bertz CT molecular complexity index is 4100. The quantitative estimate of drug-likeness (QED) is 0.0121. The fourth-order valence-corrected chi connectivity index (χ4v) is 13.8. The molecule has 3 atom stereocenters. The van der Waals surface area contributed by atoms with Gasteiger partial charge in [0.2, 0.25) is 5.60 Å². The molecule has 8 aromatic carbocycles. The lowest BCUT2D eigenvalue weighted by Gasteiger charge is -2.49. The van der Waals surface area contributed by atoms with Crippen LogP contribution >= 0.6 is 34.9 Å². The summed E-state index contributed by atoms with van der Waals surface area (Å²) in [5, 5.41) is 15.4. The molecule has 0 saturated carbocycles. The number of hydrogen-bond donors (Lipinski definition) is 3. The Morgan fingerprint density at radius 1 is 0.660 bits per heavy atom. The van der Waals surface area contributed by atoms with Crippen LogP contribution in [-0.2, 0) is 55.2 Å². The Balaban J connectivity index is 0.910. The molecule has 2 unspecified atom stereocenters. The highest BCUT2D eigenvalue weighted by Gasteiger charge is 2.55. The number of anilines is 1. The minimum Gasteiger partial charge on any atom is -0.497 e. The molecule has 1 saturated heterocycles. The fourth-order valence-electron chi connectivity index (χ4n) is 10.8. The Morgan fingerprint density at radius 3 is 1.65 bits per heavy atom. The van der Waals surface area contributed by atoms with Crippen molar-refractivity contribution >= 4 is 81.6 Å². The number of nitrogens with zero attached hydrogens (tertiary/aromatic N) is 3. The number of β-lactam (4-membered cyclic amide) rings is 1. The molecule has 3 N–H and O–H groups in total. The number of alkyl carbamates (subject to hydrolysis) is 1. The van der Waals surface area contributed by atoms with Crippen LogP contribution in [0.25, 0.3) is 0 Å². The van der Waals surface area contributed by atoms with E-state index in [0.717, 1.165) is 23.1 Å². The summed E-state index contributed by atoms with van der Waals surface area (Å²) in [5.41, 5.74) is 2.78. The minimum absolute atomic E-state index is 0.00225. The number of nitrogens with one attached hydrogen (secondary N) is 3. The Morgan fingerprint density at radius 2 is 1.15 bits per heavy atom. The maximum absolute atomic E-state index is 15.3. The van der Waals surface area contributed by atoms with Crippen LogP contribution < -0.4 is 20.7 Å². The van der Waals surface area contributed by atoms with Crippen LogP contribution in [0.4, 0.5) is 14.7 Å². The van der Waals surface area contributed by atoms with Gasteiger partial charge in [0.1, 0.15) is 46.8 Å². The summed E-state index contributed by atoms with van der Waals surface area (Å²) in [7, 11) is 1.55. The molecule has 0 aliphatic carbocycles. The lowest BCUT2D eigenvalue weighted by molar-refractivity contribution is -0.154. The SMILES string of the molecule is COc1ccc(COC(=O)NC(C/C=C\SC2=C(C(=O)OC(c3ccccc3)c3ccccc3)N3C(=O)C(NC(=O)/C(=N\OC(c4ccccc4)(c4ccccc4)c4ccccc4)c4csc(NC(=O)OC(C)(C)C)n4)[C@H]3SC2)C(=O)OC(c2ccccc2)c2ccccc2)cc1. The van der Waals surface area contributed by atoms with E-state index in [2.05, 4.69) is 20.9 Å². The van der Waals surface area contributed by atoms with Gasteiger partial charge in [-0.2, -0.15) is 0 Å². The summed E-state index contributed by atoms with van der Waals surface area (Å²) < 4.78 is 29.2. The molecule has 2 aliphatic heterocycles. The van der Waals surface area contributed by atoms with Gasteiger partial charge in [0, 0.05) is 32.7 Å². The number of hydrogen-bond acceptors (Lipinski definition) is 17. The van der Waals surface area contributed by atoms with Crippen molar-refractivity contribution in [3.8, 4) is 5.75 Å². The summed E-state index contributed by atoms with van der Waals surface area (Å²) in [6.07, 6.45) is -1.84. The van der Waals surface area contributed by atoms with Gasteiger partial charge < -0.3 is 39.2 Å². The normalized spacial score (nSPS) is 15.0. The van der Waals surface area contributed by atoms with Crippen molar-refractivity contribution in [2.24, 2.45) is 5.16 Å². The molecule has 3 heterocycles. The zero-order chi connectivity index (χ0) is 67.7. The molecule has 18 nitrogen and oxygen atoms in total. The van der Waals surface area contributed by atoms with Crippen LogP contribution in [0.15, 0.2) is 269 Å². The van der Waals surface area contributed by atoms with E-state index in [1.54, 1.807) is 63.6 Å². The van der Waals surface area contributed by atoms with E-state index in [-0.39, 0.29) is 41.0 Å². The molecular formula is C76H68N6O12S3. The second kappa shape index (κ2) is 31.7. The van der Waals surface area contributed by atoms with Crippen molar-refractivity contribution in [1.29, 1.82) is 0 Å². The smallest absolute Gasteiger partial charge is 0.413 e. The van der Waals surface area contributed by atoms with Gasteiger partial charge in [-0.1, -0.05) is 247 Å². The summed E-state index contributed by atoms with van der Waals surface area (Å²) in [4.78, 5) is 100. The molecule has 1 fully saturated rings. The number of rotatable bonds is 25. The molecule has 9 aromatic rings. The molecule has 1 aromatic heterocycles. The summed E-state index contributed by atoms with van der Waals surface area (Å²) >= 11 is 3.43. The van der Waals surface area contributed by atoms with Gasteiger partial charge >= 0.3 is 24.1 Å². The standard InChI is InChI=1S/C76H68N6O12S3/c1-75(2,3)93-74(88)80-72-77-60(48-97-72)62(81-94-76(55-35-20-9-21-36-55,56-37-22-10-23-38-56)57-39-24-11-25-40-57)67(83)79-63-68(84)82-64(71(86)92-66(53-31-16-7-17-32-53)54-33-18-8-19-34-54)61(49-96-69(63)82)95-46-26-41-59(78-73(87)90-47-50-42-44-58(89-4)45-43-50)70(85)91-65(51-27-12-5-13-28-51)52-29-14-6-15-30-52/h5-40,42-46,48,59,63,65-66,69H,41,47,49H2,1-4H3,(H,78,87)(H,79,83)(H,77,80,88)/b46-26-,81-62-/t59?,63?,69-/m1/s1. The van der Waals surface area contributed by atoms with Gasteiger partial charge in [0.05, 0.1) is 7.11 Å². The highest BCUT2D eigenvalue weighted by Crippen LogP contribution is 2.46. The number of aromatic nitrogens is 1. The number of methoxy groups -OCH3 is 1. The van der Waals surface area contributed by atoms with Gasteiger partial charge in [-0.3, -0.25) is 19.8 Å². The largest absolute Gasteiger partial charge is 0.497 e. The Kier molecular flexibility index (Phi) is 22.1. The third kappa shape index (κ3) is 16.7. The van der Waals surface area contributed by atoms with E-state index in [1.165, 1.54) is 22.0 Å². The van der Waals surface area contributed by atoms with E-state index in [1.807, 2.05) is 212 Å². The van der Waals surface area contributed by atoms with Gasteiger partial charge in [0.15, 0.2) is 23.1 Å². The van der Waals surface area contributed by atoms with E-state index in [9.17, 15) is 14.4 Å². The number of carbonyl (C=O) groups is 6. The van der Waals surface area contributed by atoms with Crippen LogP contribution in [0.5, 0.6) is 5.75 Å². The number of esters is 2. The Hall–Kier alpha value is -10.7. The summed E-state index contributed by atoms with van der Waals surface area (Å²) in [6, 6.07) is 69.6. The third-order valence-electron chi connectivity index (χ3n) is 15.4. The first-order chi connectivity index (χ1) is 47.1. The average Bonchev–Trinajstić information content (AvgIpc) is 0.763. The minimum atomic E-state index is -1.45. The van der Waals surface area contributed by atoms with Crippen molar-refractivity contribution < 1.29 is 57.3 Å². The van der Waals surface area contributed by atoms with Crippen molar-refractivity contribution in [2.45, 2.75) is 74.7 Å². The summed E-state index contributed by atoms with van der Waals surface area (Å²) in [5.74, 6) is -2.30. The van der Waals surface area contributed by atoms with E-state index < -0.39 is 76.8 Å². The summed E-state index contributed by atoms with van der Waals surface area (Å²) in [6.45, 7) is 5.07. The molecule has 2 aliphatic rings. The number of ether oxygens (including phenoxy) is 5. The molecular weight excluding hydrogens is 1290 g/mol. The van der Waals surface area contributed by atoms with E-state index in [0.29, 0.717) is 55.2 Å². The van der Waals surface area contributed by atoms with Crippen molar-refractivity contribution in [3.05, 3.63) is 314 Å². The van der Waals surface area contributed by atoms with Crippen LogP contribution in [0.2, 0.25) is 0 Å². The van der Waals surface area contributed by atoms with E-state index >= 15 is 14.4 Å². The number of thioether (sulfide) groups is 2. The predicted octanol–water partition coefficient (Wildman–Crippen LogP) is 14.4. The van der Waals surface area contributed by atoms with Crippen LogP contribution in [0.1, 0.15) is 89.6 Å². The van der Waals surface area contributed by atoms with Crippen molar-refractivity contribution in [3.63, 3.8) is 0 Å². The number of benzene rings is 8. The maximum Gasteiger partial charge on any atom is 0.413 e. The first-order valence-corrected chi connectivity index (χ1v) is 33.8. The zero-order valence-electron chi connectivity index (χ0n) is 53.2. The monoisotopic (exact) mass is 1350 g/mol. The number of amides is 4. The molecule has 21 heteroatoms. The maximum atomic E-state index is 15.3. The number of fused-ring (bicyclic) bond motifs is 1. The first-order valence-electron chi connectivity index (χ1n) is 31.0. The van der Waals surface area contributed by atoms with Crippen LogP contribution in [0.3, 0.4) is 0 Å². The molecule has 0 bridgehead atoms. The van der Waals surface area contributed by atoms with Gasteiger partial charge in [-0.15, -0.1) is 23.1 Å². The highest BCUT2D eigenvalue weighted by atomic mass is 32.2. The van der Waals surface area contributed by atoms with Crippen molar-refractivity contribution in [2.75, 3.05) is 18.2 Å². The van der Waals surface area contributed by atoms with Gasteiger partial charge in [-0.25, -0.2) is 24.2 Å². The third-order valence-corrected chi connectivity index (χ3v) is 18.6. The fraction of sp³-hybridized carbons (Fsp3) is 0.184. The molecule has 0 spiro atoms. The second-order valence-electron chi connectivity index (χ2n) is 23.2. The lowest BCUT2D eigenvalue weighted by atomic mass is 9.80. The zero-order valence-corrected chi connectivity index (χ0v) is 55.7. The molecule has 4 amide bonds. The highest BCUT2D eigenvalue weighted by molar-refractivity contribution is 8.08.